The van der Waals surface area contributed by atoms with E-state index in [2.05, 4.69) is 11.2 Å². The highest BCUT2D eigenvalue weighted by Crippen LogP contribution is 2.26. The van der Waals surface area contributed by atoms with Crippen LogP contribution < -0.4 is 5.32 Å². The first-order valence-corrected chi connectivity index (χ1v) is 8.03. The van der Waals surface area contributed by atoms with E-state index in [1.807, 2.05) is 37.9 Å². The van der Waals surface area contributed by atoms with Gasteiger partial charge in [0, 0.05) is 6.54 Å². The standard InChI is InChI=1S/C17H22Cl2N2O/c1-5-17(6-2,7-3)20-15(22)12-21(4)11-13-9-8-10-14(18)16(13)19/h1,8-10H,6-7,11-12H2,2-4H3,(H,20,22). The number of nitrogens with zero attached hydrogens (tertiary/aromatic N) is 1. The van der Waals surface area contributed by atoms with Gasteiger partial charge in [-0.3, -0.25) is 9.69 Å². The number of carbonyl (C=O) groups excluding carboxylic acids is 1. The summed E-state index contributed by atoms with van der Waals surface area (Å²) in [6.07, 6.45) is 6.97. The zero-order valence-electron chi connectivity index (χ0n) is 13.2. The summed E-state index contributed by atoms with van der Waals surface area (Å²) in [5.41, 5.74) is 0.324. The van der Waals surface area contributed by atoms with Crippen molar-refractivity contribution in [1.82, 2.24) is 10.2 Å². The number of hydrogen-bond donors (Lipinski definition) is 1. The molecule has 3 nitrogen and oxygen atoms in total. The first kappa shape index (κ1) is 18.8. The van der Waals surface area contributed by atoms with Crippen LogP contribution in [0.15, 0.2) is 18.2 Å². The average Bonchev–Trinajstić information content (AvgIpc) is 2.49. The molecule has 0 saturated carbocycles. The summed E-state index contributed by atoms with van der Waals surface area (Å²) in [5, 5.41) is 3.99. The maximum absolute atomic E-state index is 12.2. The fraction of sp³-hybridized carbons (Fsp3) is 0.471. The zero-order chi connectivity index (χ0) is 16.8. The van der Waals surface area contributed by atoms with Gasteiger partial charge in [0.1, 0.15) is 5.54 Å². The molecule has 120 valence electrons. The van der Waals surface area contributed by atoms with Gasteiger partial charge in [0.05, 0.1) is 16.6 Å². The molecule has 0 spiro atoms. The van der Waals surface area contributed by atoms with Gasteiger partial charge < -0.3 is 5.32 Å². The summed E-state index contributed by atoms with van der Waals surface area (Å²) in [6, 6.07) is 5.48. The lowest BCUT2D eigenvalue weighted by Gasteiger charge is -2.28. The topological polar surface area (TPSA) is 32.3 Å². The molecule has 0 radical (unpaired) electrons. The van der Waals surface area contributed by atoms with Gasteiger partial charge in [0.15, 0.2) is 0 Å². The van der Waals surface area contributed by atoms with Crippen molar-refractivity contribution in [3.63, 3.8) is 0 Å². The van der Waals surface area contributed by atoms with E-state index in [4.69, 9.17) is 29.6 Å². The molecule has 0 aliphatic heterocycles. The Labute approximate surface area is 143 Å². The van der Waals surface area contributed by atoms with E-state index in [1.54, 1.807) is 6.07 Å². The molecule has 0 fully saturated rings. The SMILES string of the molecule is C#CC(CC)(CC)NC(=O)CN(C)Cc1cccc(Cl)c1Cl. The maximum Gasteiger partial charge on any atom is 0.235 e. The molecular weight excluding hydrogens is 319 g/mol. The normalized spacial score (nSPS) is 11.3. The first-order chi connectivity index (χ1) is 10.4. The third-order valence-electron chi connectivity index (χ3n) is 3.75. The van der Waals surface area contributed by atoms with Crippen molar-refractivity contribution < 1.29 is 4.79 Å². The van der Waals surface area contributed by atoms with Crippen molar-refractivity contribution in [1.29, 1.82) is 0 Å². The predicted octanol–water partition coefficient (Wildman–Crippen LogP) is 3.73. The van der Waals surface area contributed by atoms with Crippen molar-refractivity contribution in [2.45, 2.75) is 38.8 Å². The fourth-order valence-corrected chi connectivity index (χ4v) is 2.62. The number of nitrogens with one attached hydrogen (secondary N) is 1. The monoisotopic (exact) mass is 340 g/mol. The first-order valence-electron chi connectivity index (χ1n) is 7.27. The Balaban J connectivity index is 2.65. The zero-order valence-corrected chi connectivity index (χ0v) is 14.8. The van der Waals surface area contributed by atoms with Gasteiger partial charge in [-0.1, -0.05) is 55.1 Å². The van der Waals surface area contributed by atoms with Crippen LogP contribution in [0.4, 0.5) is 0 Å². The number of carbonyl (C=O) groups is 1. The molecule has 0 bridgehead atoms. The highest BCUT2D eigenvalue weighted by Gasteiger charge is 2.25. The van der Waals surface area contributed by atoms with Crippen LogP contribution in [0.5, 0.6) is 0 Å². The van der Waals surface area contributed by atoms with Gasteiger partial charge in [-0.25, -0.2) is 0 Å². The minimum Gasteiger partial charge on any atom is -0.339 e. The molecule has 1 aromatic rings. The highest BCUT2D eigenvalue weighted by molar-refractivity contribution is 6.42. The van der Waals surface area contributed by atoms with Crippen LogP contribution in [0.25, 0.3) is 0 Å². The minimum atomic E-state index is -0.564. The highest BCUT2D eigenvalue weighted by atomic mass is 35.5. The molecule has 1 N–H and O–H groups in total. The van der Waals surface area contributed by atoms with Crippen molar-refractivity contribution in [3.8, 4) is 12.3 Å². The summed E-state index contributed by atoms with van der Waals surface area (Å²) in [7, 11) is 1.85. The second-order valence-corrected chi connectivity index (χ2v) is 6.15. The number of amides is 1. The Morgan fingerprint density at radius 3 is 2.55 bits per heavy atom. The number of terminal acetylenes is 1. The largest absolute Gasteiger partial charge is 0.339 e. The Morgan fingerprint density at radius 1 is 1.36 bits per heavy atom. The van der Waals surface area contributed by atoms with Gasteiger partial charge in [-0.05, 0) is 31.5 Å². The van der Waals surface area contributed by atoms with E-state index < -0.39 is 5.54 Å². The Bertz CT molecular complexity index is 562. The maximum atomic E-state index is 12.2. The lowest BCUT2D eigenvalue weighted by atomic mass is 9.94. The van der Waals surface area contributed by atoms with E-state index in [-0.39, 0.29) is 12.5 Å². The summed E-state index contributed by atoms with van der Waals surface area (Å²) in [4.78, 5) is 14.1. The van der Waals surface area contributed by atoms with Crippen LogP contribution in [0, 0.1) is 12.3 Å². The van der Waals surface area contributed by atoms with Gasteiger partial charge in [-0.15, -0.1) is 6.42 Å². The molecule has 22 heavy (non-hydrogen) atoms. The van der Waals surface area contributed by atoms with Crippen LogP contribution in [-0.4, -0.2) is 29.9 Å². The average molecular weight is 341 g/mol. The predicted molar refractivity (Wildman–Crippen MR) is 93.1 cm³/mol. The smallest absolute Gasteiger partial charge is 0.235 e. The van der Waals surface area contributed by atoms with Crippen molar-refractivity contribution >= 4 is 29.1 Å². The molecule has 1 amide bonds. The van der Waals surface area contributed by atoms with Gasteiger partial charge in [-0.2, -0.15) is 0 Å². The second-order valence-electron chi connectivity index (χ2n) is 5.37. The third-order valence-corrected chi connectivity index (χ3v) is 4.61. The molecule has 0 atom stereocenters. The minimum absolute atomic E-state index is 0.0951. The van der Waals surface area contributed by atoms with E-state index in [1.165, 1.54) is 0 Å². The fourth-order valence-electron chi connectivity index (χ4n) is 2.24. The van der Waals surface area contributed by atoms with Gasteiger partial charge in [0.25, 0.3) is 0 Å². The number of rotatable bonds is 7. The Morgan fingerprint density at radius 2 is 2.00 bits per heavy atom. The number of halogens is 2. The van der Waals surface area contributed by atoms with Crippen LogP contribution in [0.3, 0.4) is 0 Å². The van der Waals surface area contributed by atoms with Crippen molar-refractivity contribution in [2.24, 2.45) is 0 Å². The molecule has 1 rings (SSSR count). The lowest BCUT2D eigenvalue weighted by molar-refractivity contribution is -0.123. The van der Waals surface area contributed by atoms with Gasteiger partial charge >= 0.3 is 0 Å². The molecule has 0 unspecified atom stereocenters. The molecule has 0 saturated heterocycles. The van der Waals surface area contributed by atoms with Gasteiger partial charge in [0.2, 0.25) is 5.91 Å². The van der Waals surface area contributed by atoms with Crippen LogP contribution in [0.1, 0.15) is 32.3 Å². The molecule has 0 aliphatic rings. The summed E-state index contributed by atoms with van der Waals surface area (Å²) in [6.45, 7) is 4.72. The van der Waals surface area contributed by atoms with Crippen LogP contribution >= 0.6 is 23.2 Å². The van der Waals surface area contributed by atoms with E-state index >= 15 is 0 Å². The number of benzene rings is 1. The lowest BCUT2D eigenvalue weighted by Crippen LogP contribution is -2.49. The van der Waals surface area contributed by atoms with Crippen LogP contribution in [0.2, 0.25) is 10.0 Å². The Hall–Kier alpha value is -1.21. The van der Waals surface area contributed by atoms with E-state index in [0.29, 0.717) is 29.4 Å². The summed E-state index contributed by atoms with van der Waals surface area (Å²) in [5.74, 6) is 2.60. The molecular formula is C17H22Cl2N2O. The second kappa shape index (κ2) is 8.43. The van der Waals surface area contributed by atoms with E-state index in [9.17, 15) is 4.79 Å². The molecule has 1 aromatic carbocycles. The summed E-state index contributed by atoms with van der Waals surface area (Å²) < 4.78 is 0. The summed E-state index contributed by atoms with van der Waals surface area (Å²) >= 11 is 12.2. The molecule has 0 aromatic heterocycles. The van der Waals surface area contributed by atoms with Crippen molar-refractivity contribution in [3.05, 3.63) is 33.8 Å². The number of likely N-dealkylation sites (N-methyl/N-ethyl adjacent to an activating group) is 1. The third kappa shape index (κ3) is 4.91. The Kier molecular flexibility index (Phi) is 7.22. The van der Waals surface area contributed by atoms with Crippen molar-refractivity contribution in [2.75, 3.05) is 13.6 Å². The molecule has 5 heteroatoms. The molecule has 0 aliphatic carbocycles. The van der Waals surface area contributed by atoms with Crippen LogP contribution in [-0.2, 0) is 11.3 Å². The van der Waals surface area contributed by atoms with E-state index in [0.717, 1.165) is 5.56 Å². The number of hydrogen-bond acceptors (Lipinski definition) is 2. The molecule has 0 heterocycles. The quantitative estimate of drug-likeness (QED) is 0.767.